The van der Waals surface area contributed by atoms with Crippen LogP contribution in [0.1, 0.15) is 20.8 Å². The second-order valence-electron chi connectivity index (χ2n) is 5.35. The van der Waals surface area contributed by atoms with Crippen LogP contribution in [0.3, 0.4) is 0 Å². The minimum absolute atomic E-state index is 0.0627. The fourth-order valence-corrected chi connectivity index (χ4v) is 1.37. The van der Waals surface area contributed by atoms with Crippen molar-refractivity contribution in [3.05, 3.63) is 22.6 Å². The second kappa shape index (κ2) is 5.31. The van der Waals surface area contributed by atoms with E-state index in [1.165, 1.54) is 4.68 Å². The summed E-state index contributed by atoms with van der Waals surface area (Å²) in [6, 6.07) is 1.60. The van der Waals surface area contributed by atoms with Crippen LogP contribution < -0.4 is 15.8 Å². The maximum atomic E-state index is 11.7. The van der Waals surface area contributed by atoms with Crippen LogP contribution in [0.25, 0.3) is 0 Å². The van der Waals surface area contributed by atoms with Gasteiger partial charge in [-0.2, -0.15) is 5.10 Å². The van der Waals surface area contributed by atoms with E-state index >= 15 is 0 Å². The van der Waals surface area contributed by atoms with Crippen molar-refractivity contribution in [1.29, 1.82) is 0 Å². The number of hydrogen-bond acceptors (Lipinski definition) is 4. The molecule has 0 bridgehead atoms. The summed E-state index contributed by atoms with van der Waals surface area (Å²) in [5.41, 5.74) is 0.828. The molecule has 1 rings (SSSR count). The molecule has 0 saturated carbocycles. The Balaban J connectivity index is 2.64. The summed E-state index contributed by atoms with van der Waals surface area (Å²) >= 11 is 0. The largest absolute Gasteiger partial charge is 0.376 e. The molecule has 0 fully saturated rings. The molecule has 1 aromatic rings. The summed E-state index contributed by atoms with van der Waals surface area (Å²) in [6.07, 6.45) is 1.71. The van der Waals surface area contributed by atoms with Crippen molar-refractivity contribution in [3.8, 4) is 0 Å². The maximum absolute atomic E-state index is 11.7. The van der Waals surface area contributed by atoms with Gasteiger partial charge in [-0.05, 0) is 20.8 Å². The molecule has 0 unspecified atom stereocenters. The van der Waals surface area contributed by atoms with Crippen molar-refractivity contribution in [1.82, 2.24) is 15.1 Å². The Morgan fingerprint density at radius 3 is 2.53 bits per heavy atom. The first kappa shape index (κ1) is 13.7. The zero-order chi connectivity index (χ0) is 13.1. The molecule has 0 radical (unpaired) electrons. The average Bonchev–Trinajstić information content (AvgIpc) is 2.18. The quantitative estimate of drug-likeness (QED) is 0.839. The van der Waals surface area contributed by atoms with Crippen LogP contribution in [0.4, 0.5) is 5.69 Å². The lowest BCUT2D eigenvalue weighted by Crippen LogP contribution is -2.39. The average molecular weight is 238 g/mol. The Kier molecular flexibility index (Phi) is 4.28. The smallest absolute Gasteiger partial charge is 0.268 e. The van der Waals surface area contributed by atoms with Gasteiger partial charge in [0.15, 0.2) is 0 Å². The van der Waals surface area contributed by atoms with Crippen molar-refractivity contribution in [2.24, 2.45) is 0 Å². The lowest BCUT2D eigenvalue weighted by Gasteiger charge is -2.20. The van der Waals surface area contributed by atoms with Crippen molar-refractivity contribution in [3.63, 3.8) is 0 Å². The highest BCUT2D eigenvalue weighted by molar-refractivity contribution is 5.40. The lowest BCUT2D eigenvalue weighted by atomic mass is 10.1. The molecule has 0 aliphatic heterocycles. The van der Waals surface area contributed by atoms with E-state index in [4.69, 9.17) is 0 Å². The molecule has 0 aromatic carbocycles. The predicted octanol–water partition coefficient (Wildman–Crippen LogP) is 0.697. The molecule has 1 N–H and O–H groups in total. The Hall–Kier alpha value is -1.36. The number of nitrogens with zero attached hydrogens (tertiary/aromatic N) is 3. The van der Waals surface area contributed by atoms with E-state index < -0.39 is 0 Å². The summed E-state index contributed by atoms with van der Waals surface area (Å²) in [6.45, 7) is 7.61. The number of hydrogen-bond donors (Lipinski definition) is 1. The van der Waals surface area contributed by atoms with Crippen molar-refractivity contribution in [2.75, 3.05) is 25.5 Å². The number of nitrogens with one attached hydrogen (secondary N) is 1. The fraction of sp³-hybridized carbons (Fsp3) is 0.667. The first-order valence-corrected chi connectivity index (χ1v) is 5.79. The van der Waals surface area contributed by atoms with Gasteiger partial charge in [-0.1, -0.05) is 0 Å². The van der Waals surface area contributed by atoms with E-state index in [1.54, 1.807) is 12.3 Å². The standard InChI is InChI=1S/C12H22N4O/c1-12(2,3)13-6-7-16-11(17)8-10(9-14-16)15(4)5/h8-9,13H,6-7H2,1-5H3. The van der Waals surface area contributed by atoms with Gasteiger partial charge >= 0.3 is 0 Å². The third kappa shape index (κ3) is 4.56. The first-order chi connectivity index (χ1) is 7.79. The van der Waals surface area contributed by atoms with Crippen LogP contribution in [0.2, 0.25) is 0 Å². The van der Waals surface area contributed by atoms with E-state index in [1.807, 2.05) is 19.0 Å². The van der Waals surface area contributed by atoms with E-state index in [0.717, 1.165) is 12.2 Å². The van der Waals surface area contributed by atoms with Crippen LogP contribution in [0, 0.1) is 0 Å². The Morgan fingerprint density at radius 2 is 2.06 bits per heavy atom. The van der Waals surface area contributed by atoms with Crippen molar-refractivity contribution >= 4 is 5.69 Å². The van der Waals surface area contributed by atoms with Gasteiger partial charge in [-0.3, -0.25) is 4.79 Å². The van der Waals surface area contributed by atoms with Crippen LogP contribution in [-0.4, -0.2) is 36.0 Å². The third-order valence-electron chi connectivity index (χ3n) is 2.35. The summed E-state index contributed by atoms with van der Waals surface area (Å²) in [5, 5.41) is 7.47. The van der Waals surface area contributed by atoms with E-state index in [0.29, 0.717) is 6.54 Å². The lowest BCUT2D eigenvalue weighted by molar-refractivity contribution is 0.401. The molecule has 1 aromatic heterocycles. The van der Waals surface area contributed by atoms with Gasteiger partial charge in [0, 0.05) is 32.2 Å². The zero-order valence-electron chi connectivity index (χ0n) is 11.3. The van der Waals surface area contributed by atoms with E-state index in [-0.39, 0.29) is 11.1 Å². The number of rotatable bonds is 4. The Morgan fingerprint density at radius 1 is 1.41 bits per heavy atom. The monoisotopic (exact) mass is 238 g/mol. The number of anilines is 1. The molecule has 0 aliphatic rings. The third-order valence-corrected chi connectivity index (χ3v) is 2.35. The van der Waals surface area contributed by atoms with Gasteiger partial charge in [0.2, 0.25) is 0 Å². The van der Waals surface area contributed by atoms with Crippen molar-refractivity contribution in [2.45, 2.75) is 32.9 Å². The highest BCUT2D eigenvalue weighted by atomic mass is 16.1. The van der Waals surface area contributed by atoms with Gasteiger partial charge in [-0.25, -0.2) is 4.68 Å². The molecule has 0 saturated heterocycles. The molecule has 0 aliphatic carbocycles. The Labute approximate surface area is 102 Å². The second-order valence-corrected chi connectivity index (χ2v) is 5.35. The fourth-order valence-electron chi connectivity index (χ4n) is 1.37. The number of aromatic nitrogens is 2. The minimum Gasteiger partial charge on any atom is -0.376 e. The molecule has 17 heavy (non-hydrogen) atoms. The highest BCUT2D eigenvalue weighted by Crippen LogP contribution is 2.03. The zero-order valence-corrected chi connectivity index (χ0v) is 11.3. The molecule has 1 heterocycles. The van der Waals surface area contributed by atoms with Gasteiger partial charge in [0.25, 0.3) is 5.56 Å². The normalized spacial score (nSPS) is 11.6. The molecule has 0 amide bonds. The van der Waals surface area contributed by atoms with Crippen LogP contribution in [0.15, 0.2) is 17.1 Å². The highest BCUT2D eigenvalue weighted by Gasteiger charge is 2.08. The maximum Gasteiger partial charge on any atom is 0.268 e. The summed E-state index contributed by atoms with van der Waals surface area (Å²) < 4.78 is 1.48. The van der Waals surface area contributed by atoms with Gasteiger partial charge < -0.3 is 10.2 Å². The first-order valence-electron chi connectivity index (χ1n) is 5.79. The Bertz CT molecular complexity index is 417. The molecule has 5 nitrogen and oxygen atoms in total. The molecule has 0 atom stereocenters. The topological polar surface area (TPSA) is 50.2 Å². The van der Waals surface area contributed by atoms with Gasteiger partial charge in [0.05, 0.1) is 18.4 Å². The molecular formula is C12H22N4O. The van der Waals surface area contributed by atoms with E-state index in [2.05, 4.69) is 31.2 Å². The van der Waals surface area contributed by atoms with Crippen molar-refractivity contribution < 1.29 is 0 Å². The molecule has 0 spiro atoms. The molecule has 5 heteroatoms. The minimum atomic E-state index is -0.0630. The van der Waals surface area contributed by atoms with Gasteiger partial charge in [0.1, 0.15) is 0 Å². The van der Waals surface area contributed by atoms with Crippen LogP contribution in [-0.2, 0) is 6.54 Å². The SMILES string of the molecule is CN(C)c1cnn(CCNC(C)(C)C)c(=O)c1. The van der Waals surface area contributed by atoms with Crippen LogP contribution >= 0.6 is 0 Å². The van der Waals surface area contributed by atoms with Crippen LogP contribution in [0.5, 0.6) is 0 Å². The summed E-state index contributed by atoms with van der Waals surface area (Å²) in [4.78, 5) is 13.6. The summed E-state index contributed by atoms with van der Waals surface area (Å²) in [7, 11) is 3.78. The molecule has 96 valence electrons. The summed E-state index contributed by atoms with van der Waals surface area (Å²) in [5.74, 6) is 0. The van der Waals surface area contributed by atoms with E-state index in [9.17, 15) is 4.79 Å². The molecular weight excluding hydrogens is 216 g/mol. The predicted molar refractivity (Wildman–Crippen MR) is 70.6 cm³/mol. The van der Waals surface area contributed by atoms with Gasteiger partial charge in [-0.15, -0.1) is 0 Å².